The second-order valence-corrected chi connectivity index (χ2v) is 9.59. The zero-order valence-electron chi connectivity index (χ0n) is 17.4. The van der Waals surface area contributed by atoms with Crippen LogP contribution >= 0.6 is 34.2 Å². The molecule has 0 spiro atoms. The van der Waals surface area contributed by atoms with Crippen LogP contribution in [0.3, 0.4) is 0 Å². The van der Waals surface area contributed by atoms with Crippen molar-refractivity contribution in [2.24, 2.45) is 5.92 Å². The molecule has 6 nitrogen and oxygen atoms in total. The number of nitrogens with one attached hydrogen (secondary N) is 1. The lowest BCUT2D eigenvalue weighted by Gasteiger charge is -2.27. The molecule has 0 saturated heterocycles. The Hall–Kier alpha value is -2.20. The first-order valence-corrected chi connectivity index (χ1v) is 11.8. The molecule has 1 amide bonds. The quantitative estimate of drug-likeness (QED) is 0.349. The highest BCUT2D eigenvalue weighted by molar-refractivity contribution is 14.1. The van der Waals surface area contributed by atoms with Crippen LogP contribution in [0.4, 0.5) is 4.39 Å². The van der Waals surface area contributed by atoms with Crippen molar-refractivity contribution in [2.45, 2.75) is 38.3 Å². The number of hydrogen-bond acceptors (Lipinski definition) is 4. The van der Waals surface area contributed by atoms with Crippen LogP contribution in [0.25, 0.3) is 10.9 Å². The molecule has 1 aliphatic rings. The standard InChI is InChI=1S/C23H22ClFIN3O3/c1-32-23(31)14-3-5-17(6-4-14)28-22(30)18-10-16(24)9-15-11-27-29(21(15)18)12-13-2-7-20(26)19(25)8-13/h2,7-11,14,17H,3-6,12H2,1H3,(H,28,30). The van der Waals surface area contributed by atoms with E-state index in [2.05, 4.69) is 10.4 Å². The van der Waals surface area contributed by atoms with Gasteiger partial charge in [0, 0.05) is 20.0 Å². The van der Waals surface area contributed by atoms with Crippen LogP contribution in [0, 0.1) is 15.3 Å². The van der Waals surface area contributed by atoms with Crippen LogP contribution in [0.15, 0.2) is 36.5 Å². The third-order valence-electron chi connectivity index (χ3n) is 5.86. The molecular weight excluding hydrogens is 548 g/mol. The summed E-state index contributed by atoms with van der Waals surface area (Å²) in [5.74, 6) is -0.832. The number of fused-ring (bicyclic) bond motifs is 1. The number of ether oxygens (including phenoxy) is 1. The van der Waals surface area contributed by atoms with Crippen molar-refractivity contribution in [3.63, 3.8) is 0 Å². The number of halogens is 3. The van der Waals surface area contributed by atoms with E-state index in [9.17, 15) is 14.0 Å². The van der Waals surface area contributed by atoms with Gasteiger partial charge in [-0.15, -0.1) is 0 Å². The molecule has 0 bridgehead atoms. The topological polar surface area (TPSA) is 73.2 Å². The molecule has 9 heteroatoms. The molecule has 0 unspecified atom stereocenters. The fraction of sp³-hybridized carbons (Fsp3) is 0.348. The molecule has 32 heavy (non-hydrogen) atoms. The smallest absolute Gasteiger partial charge is 0.308 e. The Morgan fingerprint density at radius 1 is 1.25 bits per heavy atom. The van der Waals surface area contributed by atoms with Crippen molar-refractivity contribution < 1.29 is 18.7 Å². The molecule has 168 valence electrons. The molecule has 1 aliphatic carbocycles. The lowest BCUT2D eigenvalue weighted by Crippen LogP contribution is -2.39. The number of carbonyl (C=O) groups excluding carboxylic acids is 2. The highest BCUT2D eigenvalue weighted by atomic mass is 127. The van der Waals surface area contributed by atoms with Crippen molar-refractivity contribution >= 4 is 57.0 Å². The normalized spacial score (nSPS) is 18.5. The predicted octanol–water partition coefficient (Wildman–Crippen LogP) is 4.94. The fourth-order valence-corrected chi connectivity index (χ4v) is 4.77. The van der Waals surface area contributed by atoms with Crippen LogP contribution in [-0.2, 0) is 16.1 Å². The van der Waals surface area contributed by atoms with E-state index in [1.54, 1.807) is 29.1 Å². The maximum Gasteiger partial charge on any atom is 0.308 e. The maximum atomic E-state index is 14.0. The van der Waals surface area contributed by atoms with Gasteiger partial charge in [-0.3, -0.25) is 14.3 Å². The van der Waals surface area contributed by atoms with Crippen molar-refractivity contribution in [3.8, 4) is 0 Å². The van der Waals surface area contributed by atoms with E-state index in [0.717, 1.165) is 10.9 Å². The summed E-state index contributed by atoms with van der Waals surface area (Å²) in [5.41, 5.74) is 1.82. The van der Waals surface area contributed by atoms with Gasteiger partial charge in [0.2, 0.25) is 0 Å². The molecule has 4 rings (SSSR count). The van der Waals surface area contributed by atoms with E-state index in [1.807, 2.05) is 28.7 Å². The third kappa shape index (κ3) is 4.91. The van der Waals surface area contributed by atoms with Gasteiger partial charge in [-0.1, -0.05) is 17.7 Å². The molecule has 1 aromatic heterocycles. The molecule has 1 N–H and O–H groups in total. The van der Waals surface area contributed by atoms with E-state index >= 15 is 0 Å². The van der Waals surface area contributed by atoms with E-state index in [0.29, 0.717) is 51.9 Å². The zero-order valence-corrected chi connectivity index (χ0v) is 20.3. The number of rotatable bonds is 5. The predicted molar refractivity (Wildman–Crippen MR) is 128 cm³/mol. The maximum absolute atomic E-state index is 14.0. The van der Waals surface area contributed by atoms with Gasteiger partial charge in [0.25, 0.3) is 5.91 Å². The zero-order chi connectivity index (χ0) is 22.8. The minimum Gasteiger partial charge on any atom is -0.469 e. The Kier molecular flexibility index (Phi) is 6.99. The van der Waals surface area contributed by atoms with Crippen molar-refractivity contribution in [3.05, 3.63) is 62.1 Å². The monoisotopic (exact) mass is 569 g/mol. The second kappa shape index (κ2) is 9.74. The van der Waals surface area contributed by atoms with Crippen LogP contribution < -0.4 is 5.32 Å². The summed E-state index contributed by atoms with van der Waals surface area (Å²) < 4.78 is 21.1. The third-order valence-corrected chi connectivity index (χ3v) is 6.95. The molecule has 0 atom stereocenters. The minimum atomic E-state index is -0.289. The SMILES string of the molecule is COC(=O)C1CCC(NC(=O)c2cc(Cl)cc3cnn(Cc4ccc(I)c(F)c4)c23)CC1. The Morgan fingerprint density at radius 3 is 2.69 bits per heavy atom. The van der Waals surface area contributed by atoms with Crippen LogP contribution in [0.5, 0.6) is 0 Å². The molecule has 1 heterocycles. The summed E-state index contributed by atoms with van der Waals surface area (Å²) in [6.07, 6.45) is 4.42. The Morgan fingerprint density at radius 2 is 2.00 bits per heavy atom. The highest BCUT2D eigenvalue weighted by Crippen LogP contribution is 2.28. The first kappa shape index (κ1) is 23.0. The van der Waals surface area contributed by atoms with Crippen molar-refractivity contribution in [1.82, 2.24) is 15.1 Å². The minimum absolute atomic E-state index is 0.0286. The number of esters is 1. The molecule has 0 aliphatic heterocycles. The fourth-order valence-electron chi connectivity index (χ4n) is 4.20. The molecule has 0 radical (unpaired) electrons. The number of aromatic nitrogens is 2. The number of amides is 1. The van der Waals surface area contributed by atoms with Crippen molar-refractivity contribution in [2.75, 3.05) is 7.11 Å². The molecule has 3 aromatic rings. The van der Waals surface area contributed by atoms with Crippen LogP contribution in [0.1, 0.15) is 41.6 Å². The van der Waals surface area contributed by atoms with Gasteiger partial charge in [0.15, 0.2) is 0 Å². The highest BCUT2D eigenvalue weighted by Gasteiger charge is 2.28. The second-order valence-electron chi connectivity index (χ2n) is 7.99. The number of benzene rings is 2. The lowest BCUT2D eigenvalue weighted by atomic mass is 9.86. The van der Waals surface area contributed by atoms with Crippen molar-refractivity contribution in [1.29, 1.82) is 0 Å². The van der Waals surface area contributed by atoms with E-state index in [4.69, 9.17) is 16.3 Å². The molecule has 1 fully saturated rings. The van der Waals surface area contributed by atoms with Crippen LogP contribution in [0.2, 0.25) is 5.02 Å². The summed E-state index contributed by atoms with van der Waals surface area (Å²) in [6.45, 7) is 0.323. The molecule has 1 saturated carbocycles. The summed E-state index contributed by atoms with van der Waals surface area (Å²) >= 11 is 8.21. The summed E-state index contributed by atoms with van der Waals surface area (Å²) in [6, 6.07) is 8.39. The largest absolute Gasteiger partial charge is 0.469 e. The van der Waals surface area contributed by atoms with Gasteiger partial charge < -0.3 is 10.1 Å². The van der Waals surface area contributed by atoms with E-state index in [1.165, 1.54) is 13.2 Å². The van der Waals surface area contributed by atoms with E-state index in [-0.39, 0.29) is 29.7 Å². The van der Waals surface area contributed by atoms with Gasteiger partial charge in [-0.2, -0.15) is 5.10 Å². The lowest BCUT2D eigenvalue weighted by molar-refractivity contribution is -0.146. The van der Waals surface area contributed by atoms with E-state index < -0.39 is 0 Å². The molecule has 2 aromatic carbocycles. The summed E-state index contributed by atoms with van der Waals surface area (Å²) in [4.78, 5) is 24.9. The van der Waals surface area contributed by atoms with Gasteiger partial charge in [-0.05, 0) is 78.1 Å². The Bertz CT molecular complexity index is 1170. The number of methoxy groups -OCH3 is 1. The first-order chi connectivity index (χ1) is 15.4. The Labute approximate surface area is 203 Å². The van der Waals surface area contributed by atoms with Gasteiger partial charge >= 0.3 is 5.97 Å². The average molecular weight is 570 g/mol. The molecular formula is C23H22ClFIN3O3. The summed E-state index contributed by atoms with van der Waals surface area (Å²) in [7, 11) is 1.40. The van der Waals surface area contributed by atoms with Crippen LogP contribution in [-0.4, -0.2) is 34.8 Å². The Balaban J connectivity index is 1.56. The van der Waals surface area contributed by atoms with Gasteiger partial charge in [0.1, 0.15) is 5.82 Å². The summed E-state index contributed by atoms with van der Waals surface area (Å²) in [5, 5.41) is 8.67. The number of nitrogens with zero attached hydrogens (tertiary/aromatic N) is 2. The van der Waals surface area contributed by atoms with Gasteiger partial charge in [0.05, 0.1) is 36.8 Å². The average Bonchev–Trinajstić information content (AvgIpc) is 3.17. The number of carbonyl (C=O) groups is 2. The number of hydrogen-bond donors (Lipinski definition) is 1. The first-order valence-electron chi connectivity index (χ1n) is 10.3. The van der Waals surface area contributed by atoms with Gasteiger partial charge in [-0.25, -0.2) is 4.39 Å².